The predicted octanol–water partition coefficient (Wildman–Crippen LogP) is 1.97. The third-order valence-corrected chi connectivity index (χ3v) is 7.06. The fourth-order valence-electron chi connectivity index (χ4n) is 3.15. The molecule has 1 aromatic rings. The summed E-state index contributed by atoms with van der Waals surface area (Å²) in [5.41, 5.74) is 0.824. The van der Waals surface area contributed by atoms with Crippen LogP contribution in [0.5, 0.6) is 5.75 Å². The molecular weight excluding hydrogens is 380 g/mol. The maximum Gasteiger partial charge on any atom is 0.247 e. The van der Waals surface area contributed by atoms with E-state index in [0.717, 1.165) is 5.56 Å². The summed E-state index contributed by atoms with van der Waals surface area (Å²) in [7, 11) is -2.15. The molecule has 0 saturated heterocycles. The van der Waals surface area contributed by atoms with Crippen LogP contribution in [0.4, 0.5) is 0 Å². The molecule has 0 fully saturated rings. The van der Waals surface area contributed by atoms with Gasteiger partial charge in [0.1, 0.15) is 16.7 Å². The summed E-state index contributed by atoms with van der Waals surface area (Å²) in [6.45, 7) is 7.18. The van der Waals surface area contributed by atoms with Crippen LogP contribution in [0.2, 0.25) is 0 Å². The second-order valence-electron chi connectivity index (χ2n) is 7.35. The molecule has 0 saturated carbocycles. The number of benzene rings is 1. The Labute approximate surface area is 167 Å². The van der Waals surface area contributed by atoms with Gasteiger partial charge in [-0.3, -0.25) is 4.79 Å². The topological polar surface area (TPSA) is 87.2 Å². The first kappa shape index (κ1) is 22.4. The number of sulfonamides is 1. The first-order valence-electron chi connectivity index (χ1n) is 9.39. The summed E-state index contributed by atoms with van der Waals surface area (Å²) in [6.07, 6.45) is 3.34. The number of carbonyl (C=O) groups excluding carboxylic acids is 1. The minimum Gasteiger partial charge on any atom is -0.487 e. The van der Waals surface area contributed by atoms with Crippen LogP contribution in [0.15, 0.2) is 29.2 Å². The normalized spacial score (nSPS) is 23.4. The lowest BCUT2D eigenvalue weighted by molar-refractivity contribution is -0.129. The number of ether oxygens (including phenoxy) is 1. The molecule has 0 aliphatic carbocycles. The van der Waals surface area contributed by atoms with E-state index in [9.17, 15) is 18.3 Å². The molecule has 7 nitrogen and oxygen atoms in total. The Kier molecular flexibility index (Phi) is 7.25. The number of likely N-dealkylation sites (N-methyl/N-ethyl adjacent to an activating group) is 1. The summed E-state index contributed by atoms with van der Waals surface area (Å²) in [4.78, 5) is 13.3. The predicted molar refractivity (Wildman–Crippen MR) is 108 cm³/mol. The van der Waals surface area contributed by atoms with Crippen molar-refractivity contribution < 1.29 is 23.1 Å². The van der Waals surface area contributed by atoms with Crippen LogP contribution >= 0.6 is 0 Å². The van der Waals surface area contributed by atoms with E-state index in [1.165, 1.54) is 11.2 Å². The van der Waals surface area contributed by atoms with Gasteiger partial charge in [-0.2, -0.15) is 4.31 Å². The van der Waals surface area contributed by atoms with Crippen molar-refractivity contribution >= 4 is 22.0 Å². The highest BCUT2D eigenvalue weighted by Gasteiger charge is 2.38. The molecule has 1 heterocycles. The molecule has 1 aromatic carbocycles. The van der Waals surface area contributed by atoms with E-state index >= 15 is 0 Å². The molecule has 8 heteroatoms. The summed E-state index contributed by atoms with van der Waals surface area (Å²) in [5.74, 6) is -0.0164. The number of hydrogen-bond donors (Lipinski definition) is 1. The smallest absolute Gasteiger partial charge is 0.247 e. The Balaban J connectivity index is 2.59. The standard InChI is InChI=1S/C20H30N2O5S/c1-6-7-17-8-9-20-18(10-17)27-19(12-21(5)16(4)24)14(2)11-22(15(3)13-23)28(20,25)26/h6-10,14-15,19,23H,11-13H2,1-5H3/b7-6+/t14-,15-,19+/m1/s1. The molecule has 0 radical (unpaired) electrons. The zero-order valence-corrected chi connectivity index (χ0v) is 17.9. The fraction of sp³-hybridized carbons (Fsp3) is 0.550. The number of nitrogens with zero attached hydrogens (tertiary/aromatic N) is 2. The molecule has 1 amide bonds. The van der Waals surface area contributed by atoms with Crippen molar-refractivity contribution in [1.82, 2.24) is 9.21 Å². The van der Waals surface area contributed by atoms with Gasteiger partial charge in [0.25, 0.3) is 0 Å². The SMILES string of the molecule is C/C=C/c1ccc2c(c1)O[C@@H](CN(C)C(C)=O)[C@H](C)CN([C@H](C)CO)S2(=O)=O. The van der Waals surface area contributed by atoms with Crippen molar-refractivity contribution in [3.05, 3.63) is 29.8 Å². The molecule has 3 atom stereocenters. The van der Waals surface area contributed by atoms with Crippen LogP contribution in [0.1, 0.15) is 33.3 Å². The molecule has 1 aliphatic heterocycles. The lowest BCUT2D eigenvalue weighted by atomic mass is 10.0. The first-order chi connectivity index (χ1) is 13.1. The second-order valence-corrected chi connectivity index (χ2v) is 9.20. The lowest BCUT2D eigenvalue weighted by Gasteiger charge is -2.37. The van der Waals surface area contributed by atoms with Gasteiger partial charge in [0.05, 0.1) is 13.2 Å². The summed E-state index contributed by atoms with van der Waals surface area (Å²) >= 11 is 0. The van der Waals surface area contributed by atoms with E-state index in [2.05, 4.69) is 0 Å². The fourth-order valence-corrected chi connectivity index (χ4v) is 4.98. The molecule has 0 spiro atoms. The van der Waals surface area contributed by atoms with Crippen molar-refractivity contribution in [2.75, 3.05) is 26.7 Å². The number of allylic oxidation sites excluding steroid dienone is 1. The van der Waals surface area contributed by atoms with Gasteiger partial charge in [-0.05, 0) is 31.5 Å². The molecule has 2 rings (SSSR count). The van der Waals surface area contributed by atoms with Crippen molar-refractivity contribution in [3.8, 4) is 5.75 Å². The van der Waals surface area contributed by atoms with Gasteiger partial charge in [-0.15, -0.1) is 0 Å². The Morgan fingerprint density at radius 1 is 1.46 bits per heavy atom. The molecule has 28 heavy (non-hydrogen) atoms. The van der Waals surface area contributed by atoms with Gasteiger partial charge >= 0.3 is 0 Å². The Hall–Kier alpha value is -1.90. The highest BCUT2D eigenvalue weighted by Crippen LogP contribution is 2.34. The Morgan fingerprint density at radius 3 is 2.71 bits per heavy atom. The van der Waals surface area contributed by atoms with Crippen molar-refractivity contribution in [2.24, 2.45) is 5.92 Å². The van der Waals surface area contributed by atoms with Crippen LogP contribution in [0, 0.1) is 5.92 Å². The molecule has 1 N–H and O–H groups in total. The maximum atomic E-state index is 13.3. The Morgan fingerprint density at radius 2 is 2.14 bits per heavy atom. The maximum absolute atomic E-state index is 13.3. The third-order valence-electron chi connectivity index (χ3n) is 5.04. The van der Waals surface area contributed by atoms with Crippen molar-refractivity contribution in [3.63, 3.8) is 0 Å². The van der Waals surface area contributed by atoms with Gasteiger partial charge in [-0.25, -0.2) is 8.42 Å². The quantitative estimate of drug-likeness (QED) is 0.802. The van der Waals surface area contributed by atoms with Crippen LogP contribution in [0.25, 0.3) is 6.08 Å². The van der Waals surface area contributed by atoms with Gasteiger partial charge in [0.15, 0.2) is 0 Å². The highest BCUT2D eigenvalue weighted by atomic mass is 32.2. The molecule has 1 aliphatic rings. The molecule has 0 bridgehead atoms. The van der Waals surface area contributed by atoms with E-state index in [4.69, 9.17) is 4.74 Å². The minimum atomic E-state index is -3.84. The Bertz CT molecular complexity index is 837. The minimum absolute atomic E-state index is 0.0726. The third kappa shape index (κ3) is 4.74. The van der Waals surface area contributed by atoms with E-state index in [1.807, 2.05) is 26.0 Å². The number of aliphatic hydroxyl groups is 1. The number of fused-ring (bicyclic) bond motifs is 1. The largest absolute Gasteiger partial charge is 0.487 e. The monoisotopic (exact) mass is 410 g/mol. The molecule has 156 valence electrons. The lowest BCUT2D eigenvalue weighted by Crippen LogP contribution is -2.50. The van der Waals surface area contributed by atoms with Gasteiger partial charge in [-0.1, -0.05) is 25.1 Å². The average Bonchev–Trinajstić information content (AvgIpc) is 2.64. The molecular formula is C20H30N2O5S. The van der Waals surface area contributed by atoms with E-state index in [0.29, 0.717) is 6.54 Å². The second kappa shape index (κ2) is 9.07. The van der Waals surface area contributed by atoms with Gasteiger partial charge in [0, 0.05) is 32.5 Å². The summed E-state index contributed by atoms with van der Waals surface area (Å²) in [5, 5.41) is 9.61. The molecule has 0 unspecified atom stereocenters. The first-order valence-corrected chi connectivity index (χ1v) is 10.8. The summed E-state index contributed by atoms with van der Waals surface area (Å²) < 4.78 is 34.0. The number of rotatable bonds is 5. The van der Waals surface area contributed by atoms with E-state index < -0.39 is 22.2 Å². The number of amides is 1. The van der Waals surface area contributed by atoms with Crippen LogP contribution < -0.4 is 4.74 Å². The van der Waals surface area contributed by atoms with Gasteiger partial charge in [0.2, 0.25) is 15.9 Å². The van der Waals surface area contributed by atoms with Crippen LogP contribution in [-0.4, -0.2) is 67.5 Å². The summed E-state index contributed by atoms with van der Waals surface area (Å²) in [6, 6.07) is 4.40. The van der Waals surface area contributed by atoms with Crippen molar-refractivity contribution in [2.45, 2.75) is 44.7 Å². The number of hydrogen-bond acceptors (Lipinski definition) is 5. The zero-order chi connectivity index (χ0) is 21.1. The number of carbonyl (C=O) groups is 1. The zero-order valence-electron chi connectivity index (χ0n) is 17.1. The van der Waals surface area contributed by atoms with E-state index in [-0.39, 0.29) is 35.6 Å². The van der Waals surface area contributed by atoms with Gasteiger partial charge < -0.3 is 14.7 Å². The number of aliphatic hydroxyl groups excluding tert-OH is 1. The molecule has 0 aromatic heterocycles. The highest BCUT2D eigenvalue weighted by molar-refractivity contribution is 7.89. The average molecular weight is 411 g/mol. The van der Waals surface area contributed by atoms with E-state index in [1.54, 1.807) is 37.1 Å². The van der Waals surface area contributed by atoms with Crippen LogP contribution in [-0.2, 0) is 14.8 Å². The van der Waals surface area contributed by atoms with Crippen LogP contribution in [0.3, 0.4) is 0 Å². The van der Waals surface area contributed by atoms with Crippen molar-refractivity contribution in [1.29, 1.82) is 0 Å².